The first-order valence-corrected chi connectivity index (χ1v) is 15.6. The molecule has 2 aliphatic rings. The van der Waals surface area contributed by atoms with Crippen molar-refractivity contribution >= 4 is 41.0 Å². The van der Waals surface area contributed by atoms with Gasteiger partial charge in [-0.2, -0.15) is 0 Å². The van der Waals surface area contributed by atoms with Gasteiger partial charge >= 0.3 is 5.97 Å². The summed E-state index contributed by atoms with van der Waals surface area (Å²) in [5.74, 6) is -4.11. The number of anilines is 2. The van der Waals surface area contributed by atoms with E-state index in [1.54, 1.807) is 25.1 Å². The zero-order valence-corrected chi connectivity index (χ0v) is 26.9. The van der Waals surface area contributed by atoms with Crippen LogP contribution in [0.3, 0.4) is 0 Å². The Morgan fingerprint density at radius 2 is 1.67 bits per heavy atom. The second kappa shape index (κ2) is 16.1. The van der Waals surface area contributed by atoms with Crippen molar-refractivity contribution in [2.75, 3.05) is 29.5 Å². The second-order valence-electron chi connectivity index (χ2n) is 11.4. The Morgan fingerprint density at radius 1 is 1.02 bits per heavy atom. The summed E-state index contributed by atoms with van der Waals surface area (Å²) < 4.78 is 5.42. The largest absolute Gasteiger partial charge is 0.504 e. The van der Waals surface area contributed by atoms with Crippen molar-refractivity contribution in [1.82, 2.24) is 10.6 Å². The molecule has 13 heteroatoms. The zero-order chi connectivity index (χ0) is 34.1. The number of aromatic hydroxyl groups is 2. The van der Waals surface area contributed by atoms with E-state index in [4.69, 9.17) is 4.74 Å². The third-order valence-corrected chi connectivity index (χ3v) is 7.85. The Balaban J connectivity index is 0.00000185. The number of phenolic OH excluding ortho intramolecular Hbond substituents is 2. The lowest BCUT2D eigenvalue weighted by molar-refractivity contribution is -0.143. The van der Waals surface area contributed by atoms with E-state index in [9.17, 15) is 39.3 Å². The number of esters is 1. The smallest absolute Gasteiger partial charge is 0.308 e. The highest BCUT2D eigenvalue weighted by atomic mass is 16.6. The number of cyclic esters (lactones) is 1. The van der Waals surface area contributed by atoms with E-state index in [0.717, 1.165) is 22.3 Å². The Labute approximate surface area is 268 Å². The van der Waals surface area contributed by atoms with Gasteiger partial charge in [0.2, 0.25) is 5.91 Å². The van der Waals surface area contributed by atoms with Crippen LogP contribution in [0.2, 0.25) is 0 Å². The van der Waals surface area contributed by atoms with Gasteiger partial charge in [0.25, 0.3) is 17.7 Å². The molecule has 2 aliphatic heterocycles. The number of aliphatic hydroxyl groups is 1. The third-order valence-electron chi connectivity index (χ3n) is 7.85. The van der Waals surface area contributed by atoms with Crippen LogP contribution in [0.15, 0.2) is 36.4 Å². The molecule has 0 aliphatic carbocycles. The van der Waals surface area contributed by atoms with E-state index in [-0.39, 0.29) is 41.6 Å². The maximum atomic E-state index is 14.0. The van der Waals surface area contributed by atoms with Gasteiger partial charge in [-0.25, -0.2) is 0 Å². The topological polar surface area (TPSA) is 186 Å². The number of carbonyl (C=O) groups is 5. The molecule has 0 spiro atoms. The van der Waals surface area contributed by atoms with Crippen LogP contribution in [0.1, 0.15) is 69.8 Å². The van der Waals surface area contributed by atoms with Crippen molar-refractivity contribution in [3.8, 4) is 11.5 Å². The number of rotatable bonds is 9. The molecule has 1 fully saturated rings. The molecule has 4 atom stereocenters. The summed E-state index contributed by atoms with van der Waals surface area (Å²) in [6, 6.07) is 6.81. The predicted octanol–water partition coefficient (Wildman–Crippen LogP) is 2.39. The number of carbonyl (C=O) groups excluding carboxylic acids is 5. The molecule has 4 rings (SSSR count). The molecule has 2 aromatic carbocycles. The second-order valence-corrected chi connectivity index (χ2v) is 11.4. The number of hydrogen-bond acceptors (Lipinski definition) is 9. The van der Waals surface area contributed by atoms with E-state index in [1.807, 2.05) is 13.8 Å². The lowest BCUT2D eigenvalue weighted by Crippen LogP contribution is -2.55. The number of aryl methyl sites for hydroxylation is 1. The fourth-order valence-corrected chi connectivity index (χ4v) is 5.35. The molecule has 4 amide bonds. The molecule has 13 nitrogen and oxygen atoms in total. The molecule has 46 heavy (non-hydrogen) atoms. The number of fused-ring (bicyclic) bond motifs is 1. The fourth-order valence-electron chi connectivity index (χ4n) is 5.35. The van der Waals surface area contributed by atoms with Crippen LogP contribution in [-0.2, 0) is 30.3 Å². The van der Waals surface area contributed by atoms with Crippen LogP contribution in [-0.4, -0.2) is 82.8 Å². The van der Waals surface area contributed by atoms with Crippen LogP contribution in [0.5, 0.6) is 11.5 Å². The Morgan fingerprint density at radius 3 is 2.28 bits per heavy atom. The van der Waals surface area contributed by atoms with Crippen LogP contribution < -0.4 is 20.4 Å². The van der Waals surface area contributed by atoms with Gasteiger partial charge in [0.15, 0.2) is 11.5 Å². The summed E-state index contributed by atoms with van der Waals surface area (Å²) in [5.41, 5.74) is 0.721. The monoisotopic (exact) mass is 640 g/mol. The molecule has 0 radical (unpaired) electrons. The number of para-hydroxylation sites is 2. The van der Waals surface area contributed by atoms with Crippen molar-refractivity contribution < 1.29 is 44.0 Å². The highest BCUT2D eigenvalue weighted by molar-refractivity contribution is 6.11. The summed E-state index contributed by atoms with van der Waals surface area (Å²) in [4.78, 5) is 67.7. The molecule has 5 N–H and O–H groups in total. The Bertz CT molecular complexity index is 1450. The van der Waals surface area contributed by atoms with Crippen LogP contribution >= 0.6 is 0 Å². The molecule has 4 unspecified atom stereocenters. The molecule has 0 saturated carbocycles. The minimum absolute atomic E-state index is 0.0116. The minimum Gasteiger partial charge on any atom is -0.504 e. The third kappa shape index (κ3) is 8.13. The van der Waals surface area contributed by atoms with Gasteiger partial charge in [-0.05, 0) is 48.6 Å². The molecular weight excluding hydrogens is 596 g/mol. The number of nitrogens with zero attached hydrogens (tertiary/aromatic N) is 2. The highest BCUT2D eigenvalue weighted by Gasteiger charge is 2.41. The lowest BCUT2D eigenvalue weighted by atomic mass is 9.95. The van der Waals surface area contributed by atoms with Crippen molar-refractivity contribution in [3.05, 3.63) is 47.5 Å². The fraction of sp³-hybridized carbons (Fsp3) is 0.485. The van der Waals surface area contributed by atoms with Gasteiger partial charge < -0.3 is 35.6 Å². The minimum atomic E-state index is -1.37. The van der Waals surface area contributed by atoms with E-state index >= 15 is 0 Å². The molecule has 2 aromatic rings. The number of benzene rings is 2. The predicted molar refractivity (Wildman–Crippen MR) is 170 cm³/mol. The van der Waals surface area contributed by atoms with E-state index in [2.05, 4.69) is 24.5 Å². The number of amides is 4. The molecule has 0 bridgehead atoms. The summed E-state index contributed by atoms with van der Waals surface area (Å²) in [5, 5.41) is 35.2. The van der Waals surface area contributed by atoms with E-state index in [0.29, 0.717) is 12.0 Å². The first-order chi connectivity index (χ1) is 21.9. The quantitative estimate of drug-likeness (QED) is 0.203. The van der Waals surface area contributed by atoms with Crippen LogP contribution in [0.4, 0.5) is 11.4 Å². The summed E-state index contributed by atoms with van der Waals surface area (Å²) in [6.07, 6.45) is 1.75. The van der Waals surface area contributed by atoms with Crippen molar-refractivity contribution in [3.63, 3.8) is 0 Å². The first kappa shape index (κ1) is 35.8. The normalized spacial score (nSPS) is 19.7. The van der Waals surface area contributed by atoms with Crippen molar-refractivity contribution in [1.29, 1.82) is 0 Å². The molecule has 0 aromatic heterocycles. The lowest BCUT2D eigenvalue weighted by Gasteiger charge is -2.27. The maximum absolute atomic E-state index is 14.0. The van der Waals surface area contributed by atoms with Gasteiger partial charge in [0, 0.05) is 5.56 Å². The number of aliphatic hydroxyl groups excluding tert-OH is 1. The highest BCUT2D eigenvalue weighted by Crippen LogP contribution is 2.34. The van der Waals surface area contributed by atoms with Gasteiger partial charge in [0.1, 0.15) is 25.3 Å². The molecule has 1 saturated heterocycles. The number of phenols is 2. The molecule has 2 heterocycles. The van der Waals surface area contributed by atoms with Gasteiger partial charge in [-0.15, -0.1) is 0 Å². The summed E-state index contributed by atoms with van der Waals surface area (Å²) >= 11 is 0. The summed E-state index contributed by atoms with van der Waals surface area (Å²) in [6.45, 7) is 8.10. The van der Waals surface area contributed by atoms with Gasteiger partial charge in [-0.3, -0.25) is 28.9 Å². The number of ether oxygens (including phenoxy) is 1. The summed E-state index contributed by atoms with van der Waals surface area (Å²) in [7, 11) is 0. The SMILES string of the molecule is CCC.CCc1cc(C(=O)NC2CN(C(=O)CO)c3ccccc3N(CC(=O)NC3CC(=O)OC3C(C)CC)C2=O)cc(O)c1O. The number of nitrogens with one attached hydrogen (secondary N) is 2. The van der Waals surface area contributed by atoms with Crippen molar-refractivity contribution in [2.45, 2.75) is 78.5 Å². The Kier molecular flexibility index (Phi) is 12.5. The average Bonchev–Trinajstić information content (AvgIpc) is 3.36. The maximum Gasteiger partial charge on any atom is 0.308 e. The van der Waals surface area contributed by atoms with Gasteiger partial charge in [0.05, 0.1) is 30.4 Å². The van der Waals surface area contributed by atoms with Crippen LogP contribution in [0.25, 0.3) is 0 Å². The number of hydrogen-bond donors (Lipinski definition) is 5. The Hall–Kier alpha value is -4.65. The zero-order valence-electron chi connectivity index (χ0n) is 26.9. The van der Waals surface area contributed by atoms with Gasteiger partial charge in [-0.1, -0.05) is 53.2 Å². The first-order valence-electron chi connectivity index (χ1n) is 15.6. The molecular formula is C33H44N4O9. The molecule has 250 valence electrons. The van der Waals surface area contributed by atoms with E-state index < -0.39 is 66.7 Å². The average molecular weight is 641 g/mol. The standard InChI is InChI=1S/C30H36N4O9.C3H8/c1-4-16(3)28-19(12-26(39)43-28)31-24(37)14-34-22-9-7-6-8-21(22)33(25(38)15-35)13-20(30(34)42)32-29(41)18-10-17(5-2)27(40)23(36)11-18;1-3-2/h6-11,16,19-20,28,35-36,40H,4-5,12-15H2,1-3H3,(H,31,37)(H,32,41);3H2,1-2H3. The van der Waals surface area contributed by atoms with Crippen LogP contribution in [0, 0.1) is 5.92 Å². The van der Waals surface area contributed by atoms with Crippen molar-refractivity contribution in [2.24, 2.45) is 5.92 Å². The van der Waals surface area contributed by atoms with E-state index in [1.165, 1.54) is 18.6 Å².